The molecule has 2 aromatic rings. The van der Waals surface area contributed by atoms with Crippen LogP contribution in [-0.2, 0) is 6.42 Å². The lowest BCUT2D eigenvalue weighted by Gasteiger charge is -2.41. The third-order valence-corrected chi connectivity index (χ3v) is 5.58. The van der Waals surface area contributed by atoms with Crippen LogP contribution in [0.2, 0.25) is 5.02 Å². The third kappa shape index (κ3) is 5.35. The quantitative estimate of drug-likeness (QED) is 0.751. The van der Waals surface area contributed by atoms with Gasteiger partial charge in [-0.3, -0.25) is 4.90 Å². The monoisotopic (exact) mass is 385 g/mol. The van der Waals surface area contributed by atoms with Crippen molar-refractivity contribution in [1.29, 1.82) is 0 Å². The van der Waals surface area contributed by atoms with Crippen LogP contribution >= 0.6 is 11.6 Å². The minimum Gasteiger partial charge on any atom is -0.496 e. The summed E-state index contributed by atoms with van der Waals surface area (Å²) in [7, 11) is 1.70. The van der Waals surface area contributed by atoms with Gasteiger partial charge in [-0.1, -0.05) is 54.1 Å². The number of piperidine rings is 1. The summed E-state index contributed by atoms with van der Waals surface area (Å²) < 4.78 is 5.41. The molecule has 1 unspecified atom stereocenters. The Hall–Kier alpha value is -1.81. The van der Waals surface area contributed by atoms with E-state index in [2.05, 4.69) is 29.2 Å². The summed E-state index contributed by atoms with van der Waals surface area (Å²) in [6, 6.07) is 16.0. The Labute approximate surface area is 167 Å². The predicted molar refractivity (Wildman–Crippen MR) is 112 cm³/mol. The maximum Gasteiger partial charge on any atom is 0.126 e. The number of halogens is 1. The number of aliphatic hydroxyl groups excluding tert-OH is 1. The average molecular weight is 386 g/mol. The Morgan fingerprint density at radius 3 is 2.85 bits per heavy atom. The van der Waals surface area contributed by atoms with Gasteiger partial charge in [0, 0.05) is 29.1 Å². The van der Waals surface area contributed by atoms with Crippen LogP contribution in [0.15, 0.2) is 54.6 Å². The topological polar surface area (TPSA) is 32.7 Å². The van der Waals surface area contributed by atoms with E-state index < -0.39 is 0 Å². The van der Waals surface area contributed by atoms with Crippen molar-refractivity contribution in [3.8, 4) is 5.75 Å². The summed E-state index contributed by atoms with van der Waals surface area (Å²) in [6.45, 7) is 3.03. The molecule has 0 aliphatic carbocycles. The number of hydrogen-bond donors (Lipinski definition) is 1. The number of nitrogens with zero attached hydrogens (tertiary/aromatic N) is 1. The van der Waals surface area contributed by atoms with Crippen molar-refractivity contribution >= 4 is 17.7 Å². The maximum absolute atomic E-state index is 10.2. The van der Waals surface area contributed by atoms with Gasteiger partial charge in [-0.25, -0.2) is 0 Å². The van der Waals surface area contributed by atoms with Crippen molar-refractivity contribution in [1.82, 2.24) is 4.90 Å². The number of hydrogen-bond acceptors (Lipinski definition) is 3. The van der Waals surface area contributed by atoms with Gasteiger partial charge in [0.2, 0.25) is 0 Å². The van der Waals surface area contributed by atoms with Gasteiger partial charge < -0.3 is 9.84 Å². The van der Waals surface area contributed by atoms with Gasteiger partial charge in [-0.05, 0) is 49.6 Å². The number of rotatable bonds is 7. The molecule has 4 heteroatoms. The largest absolute Gasteiger partial charge is 0.496 e. The zero-order valence-electron chi connectivity index (χ0n) is 15.9. The van der Waals surface area contributed by atoms with E-state index >= 15 is 0 Å². The van der Waals surface area contributed by atoms with Crippen molar-refractivity contribution < 1.29 is 9.84 Å². The molecule has 0 amide bonds. The molecule has 1 aliphatic heterocycles. The molecular weight excluding hydrogens is 358 g/mol. The van der Waals surface area contributed by atoms with Crippen molar-refractivity contribution in [2.75, 3.05) is 33.4 Å². The Morgan fingerprint density at radius 2 is 2.07 bits per heavy atom. The van der Waals surface area contributed by atoms with Crippen molar-refractivity contribution in [3.05, 3.63) is 70.8 Å². The molecule has 0 saturated carbocycles. The molecule has 144 valence electrons. The molecule has 1 fully saturated rings. The number of methoxy groups -OCH3 is 1. The molecule has 3 rings (SSSR count). The molecule has 0 aromatic heterocycles. The van der Waals surface area contributed by atoms with E-state index in [0.717, 1.165) is 55.2 Å². The highest BCUT2D eigenvalue weighted by atomic mass is 35.5. The van der Waals surface area contributed by atoms with Gasteiger partial charge in [0.15, 0.2) is 0 Å². The lowest BCUT2D eigenvalue weighted by atomic mass is 9.76. The third-order valence-electron chi connectivity index (χ3n) is 5.34. The molecule has 1 aliphatic rings. The number of para-hydroxylation sites is 1. The molecule has 0 radical (unpaired) electrons. The number of ether oxygens (including phenoxy) is 1. The predicted octanol–water partition coefficient (Wildman–Crippen LogP) is 4.68. The summed E-state index contributed by atoms with van der Waals surface area (Å²) in [4.78, 5) is 2.43. The summed E-state index contributed by atoms with van der Waals surface area (Å²) in [5.41, 5.74) is 2.19. The van der Waals surface area contributed by atoms with E-state index in [0.29, 0.717) is 0 Å². The Balaban J connectivity index is 1.64. The molecule has 0 bridgehead atoms. The first-order valence-electron chi connectivity index (χ1n) is 9.51. The van der Waals surface area contributed by atoms with Crippen molar-refractivity contribution in [2.24, 2.45) is 5.41 Å². The Morgan fingerprint density at radius 1 is 1.22 bits per heavy atom. The molecule has 1 atom stereocenters. The van der Waals surface area contributed by atoms with E-state index in [1.165, 1.54) is 5.56 Å². The molecule has 1 saturated heterocycles. The second-order valence-corrected chi connectivity index (χ2v) is 7.88. The minimum absolute atomic E-state index is 0.0960. The maximum atomic E-state index is 10.2. The lowest BCUT2D eigenvalue weighted by Crippen LogP contribution is -2.46. The molecule has 1 N–H and O–H groups in total. The highest BCUT2D eigenvalue weighted by Gasteiger charge is 2.34. The average Bonchev–Trinajstić information content (AvgIpc) is 2.68. The summed E-state index contributed by atoms with van der Waals surface area (Å²) in [5, 5.41) is 10.9. The fourth-order valence-electron chi connectivity index (χ4n) is 4.01. The highest BCUT2D eigenvalue weighted by molar-refractivity contribution is 6.30. The number of aliphatic hydroxyl groups is 1. The fourth-order valence-corrected chi connectivity index (χ4v) is 4.22. The molecule has 2 aromatic carbocycles. The molecular formula is C23H28ClNO2. The van der Waals surface area contributed by atoms with Gasteiger partial charge >= 0.3 is 0 Å². The Bertz CT molecular complexity index is 776. The summed E-state index contributed by atoms with van der Waals surface area (Å²) in [6.07, 6.45) is 7.30. The first-order valence-corrected chi connectivity index (χ1v) is 9.89. The molecule has 27 heavy (non-hydrogen) atoms. The zero-order chi connectivity index (χ0) is 19.1. The van der Waals surface area contributed by atoms with Gasteiger partial charge in [0.05, 0.1) is 13.7 Å². The fraction of sp³-hybridized carbons (Fsp3) is 0.391. The van der Waals surface area contributed by atoms with Crippen LogP contribution in [0.4, 0.5) is 0 Å². The van der Waals surface area contributed by atoms with E-state index in [4.69, 9.17) is 16.3 Å². The second kappa shape index (κ2) is 9.41. The van der Waals surface area contributed by atoms with Crippen molar-refractivity contribution in [3.63, 3.8) is 0 Å². The summed E-state index contributed by atoms with van der Waals surface area (Å²) in [5.74, 6) is 0.887. The van der Waals surface area contributed by atoms with E-state index in [-0.39, 0.29) is 12.0 Å². The first-order chi connectivity index (χ1) is 13.1. The van der Waals surface area contributed by atoms with Crippen molar-refractivity contribution in [2.45, 2.75) is 19.3 Å². The van der Waals surface area contributed by atoms with Crippen LogP contribution in [-0.4, -0.2) is 43.4 Å². The van der Waals surface area contributed by atoms with Crippen LogP contribution in [0.1, 0.15) is 24.0 Å². The normalized spacial score (nSPS) is 20.9. The number of benzene rings is 2. The van der Waals surface area contributed by atoms with Gasteiger partial charge in [0.25, 0.3) is 0 Å². The van der Waals surface area contributed by atoms with Crippen LogP contribution in [0.5, 0.6) is 5.75 Å². The first kappa shape index (κ1) is 19.9. The lowest BCUT2D eigenvalue weighted by molar-refractivity contribution is 0.0376. The molecule has 3 nitrogen and oxygen atoms in total. The highest BCUT2D eigenvalue weighted by Crippen LogP contribution is 2.34. The minimum atomic E-state index is -0.0960. The van der Waals surface area contributed by atoms with Gasteiger partial charge in [-0.2, -0.15) is 0 Å². The van der Waals surface area contributed by atoms with Crippen LogP contribution in [0, 0.1) is 5.41 Å². The van der Waals surface area contributed by atoms with Crippen LogP contribution in [0.3, 0.4) is 0 Å². The standard InChI is InChI=1S/C23H28ClNO2/c1-27-22-11-3-2-8-20(22)9-5-13-25-14-6-12-23(17-25,18-26)16-19-7-4-10-21(24)15-19/h2-5,7-11,15,26H,6,12-14,16-18H2,1H3. The summed E-state index contributed by atoms with van der Waals surface area (Å²) >= 11 is 6.14. The van der Waals surface area contributed by atoms with Gasteiger partial charge in [0.1, 0.15) is 5.75 Å². The van der Waals surface area contributed by atoms with Gasteiger partial charge in [-0.15, -0.1) is 0 Å². The molecule has 0 spiro atoms. The van der Waals surface area contributed by atoms with Crippen LogP contribution in [0.25, 0.3) is 6.08 Å². The SMILES string of the molecule is COc1ccccc1C=CCN1CCCC(CO)(Cc2cccc(Cl)c2)C1. The Kier molecular flexibility index (Phi) is 6.95. The van der Waals surface area contributed by atoms with Crippen LogP contribution < -0.4 is 4.74 Å². The van der Waals surface area contributed by atoms with E-state index in [1.54, 1.807) is 7.11 Å². The number of likely N-dealkylation sites (tertiary alicyclic amines) is 1. The zero-order valence-corrected chi connectivity index (χ0v) is 16.7. The van der Waals surface area contributed by atoms with E-state index in [1.807, 2.05) is 36.4 Å². The van der Waals surface area contributed by atoms with E-state index in [9.17, 15) is 5.11 Å². The molecule has 1 heterocycles. The second-order valence-electron chi connectivity index (χ2n) is 7.45. The smallest absolute Gasteiger partial charge is 0.126 e.